The summed E-state index contributed by atoms with van der Waals surface area (Å²) in [5.41, 5.74) is 2.10. The van der Waals surface area contributed by atoms with Gasteiger partial charge < -0.3 is 19.6 Å². The second-order valence-corrected chi connectivity index (χ2v) is 4.64. The molecule has 0 aromatic carbocycles. The van der Waals surface area contributed by atoms with Crippen molar-refractivity contribution in [2.45, 2.75) is 45.1 Å². The van der Waals surface area contributed by atoms with Crippen LogP contribution in [0.25, 0.3) is 0 Å². The molecule has 5 nitrogen and oxygen atoms in total. The molecule has 1 aliphatic carbocycles. The molecule has 0 saturated heterocycles. The van der Waals surface area contributed by atoms with E-state index >= 15 is 0 Å². The van der Waals surface area contributed by atoms with E-state index in [-0.39, 0.29) is 24.8 Å². The molecule has 0 saturated carbocycles. The number of rotatable bonds is 4. The summed E-state index contributed by atoms with van der Waals surface area (Å²) in [5.74, 6) is -0.518. The Morgan fingerprint density at radius 2 is 2.28 bits per heavy atom. The van der Waals surface area contributed by atoms with Crippen LogP contribution in [0.2, 0.25) is 0 Å². The van der Waals surface area contributed by atoms with E-state index < -0.39 is 5.97 Å². The van der Waals surface area contributed by atoms with Crippen LogP contribution in [-0.4, -0.2) is 11.9 Å². The predicted octanol–water partition coefficient (Wildman–Crippen LogP) is 0.612. The van der Waals surface area contributed by atoms with Gasteiger partial charge in [0.25, 0.3) is 0 Å². The van der Waals surface area contributed by atoms with E-state index in [1.165, 1.54) is 0 Å². The largest absolute Gasteiger partial charge is 0.550 e. The molecule has 0 fully saturated rings. The maximum atomic E-state index is 11.6. The smallest absolute Gasteiger partial charge is 0.220 e. The Labute approximate surface area is 105 Å². The first-order chi connectivity index (χ1) is 8.58. The van der Waals surface area contributed by atoms with Crippen LogP contribution in [0.1, 0.15) is 48.6 Å². The summed E-state index contributed by atoms with van der Waals surface area (Å²) in [6.07, 6.45) is 4.15. The zero-order valence-corrected chi connectivity index (χ0v) is 10.3. The first-order valence-corrected chi connectivity index (χ1v) is 6.14. The molecule has 1 aliphatic rings. The van der Waals surface area contributed by atoms with Crippen molar-refractivity contribution >= 4 is 11.9 Å². The van der Waals surface area contributed by atoms with Gasteiger partial charge in [-0.25, -0.2) is 0 Å². The van der Waals surface area contributed by atoms with E-state index in [0.717, 1.165) is 36.1 Å². The number of fused-ring (bicyclic) bond motifs is 1. The average Bonchev–Trinajstić information content (AvgIpc) is 2.70. The van der Waals surface area contributed by atoms with Crippen LogP contribution >= 0.6 is 0 Å². The lowest BCUT2D eigenvalue weighted by molar-refractivity contribution is -0.305. The number of carbonyl (C=O) groups excluding carboxylic acids is 2. The van der Waals surface area contributed by atoms with Crippen LogP contribution < -0.4 is 10.4 Å². The van der Waals surface area contributed by atoms with Crippen molar-refractivity contribution < 1.29 is 19.1 Å². The molecule has 18 heavy (non-hydrogen) atoms. The van der Waals surface area contributed by atoms with Gasteiger partial charge in [0.15, 0.2) is 0 Å². The number of aliphatic carboxylic acids is 1. The molecule has 98 valence electrons. The molecule has 1 aromatic heterocycles. The maximum absolute atomic E-state index is 11.6. The summed E-state index contributed by atoms with van der Waals surface area (Å²) in [6, 6.07) is -0.0539. The highest BCUT2D eigenvalue weighted by atomic mass is 16.4. The van der Waals surface area contributed by atoms with Crippen molar-refractivity contribution in [1.29, 1.82) is 0 Å². The minimum absolute atomic E-state index is 0.0366. The lowest BCUT2D eigenvalue weighted by atomic mass is 9.91. The van der Waals surface area contributed by atoms with Crippen molar-refractivity contribution in [3.63, 3.8) is 0 Å². The van der Waals surface area contributed by atoms with Gasteiger partial charge in [-0.3, -0.25) is 4.79 Å². The van der Waals surface area contributed by atoms with E-state index in [2.05, 4.69) is 5.32 Å². The summed E-state index contributed by atoms with van der Waals surface area (Å²) in [7, 11) is 0. The molecule has 1 amide bonds. The van der Waals surface area contributed by atoms with Crippen molar-refractivity contribution in [2.75, 3.05) is 0 Å². The minimum Gasteiger partial charge on any atom is -0.550 e. The van der Waals surface area contributed by atoms with Gasteiger partial charge in [0.2, 0.25) is 5.91 Å². The zero-order valence-electron chi connectivity index (χ0n) is 10.3. The second-order valence-electron chi connectivity index (χ2n) is 4.64. The van der Waals surface area contributed by atoms with Crippen LogP contribution in [0.3, 0.4) is 0 Å². The number of hydrogen-bond donors (Lipinski definition) is 1. The van der Waals surface area contributed by atoms with Crippen molar-refractivity contribution in [3.05, 3.63) is 23.2 Å². The van der Waals surface area contributed by atoms with E-state index in [1.807, 2.05) is 6.92 Å². The highest BCUT2D eigenvalue weighted by Crippen LogP contribution is 2.33. The molecule has 5 heteroatoms. The van der Waals surface area contributed by atoms with Crippen molar-refractivity contribution in [2.24, 2.45) is 0 Å². The van der Waals surface area contributed by atoms with Gasteiger partial charge >= 0.3 is 0 Å². The van der Waals surface area contributed by atoms with Gasteiger partial charge in [-0.05, 0) is 31.7 Å². The summed E-state index contributed by atoms with van der Waals surface area (Å²) in [5, 5.41) is 13.2. The molecular weight excluding hydrogens is 234 g/mol. The van der Waals surface area contributed by atoms with Gasteiger partial charge in [0.05, 0.1) is 12.3 Å². The van der Waals surface area contributed by atoms with Crippen LogP contribution in [0.4, 0.5) is 0 Å². The van der Waals surface area contributed by atoms with Crippen LogP contribution in [-0.2, 0) is 16.0 Å². The third kappa shape index (κ3) is 2.72. The Balaban J connectivity index is 2.00. The average molecular weight is 250 g/mol. The Morgan fingerprint density at radius 3 is 3.00 bits per heavy atom. The maximum Gasteiger partial charge on any atom is 0.220 e. The first kappa shape index (κ1) is 12.7. The molecule has 2 rings (SSSR count). The van der Waals surface area contributed by atoms with Crippen molar-refractivity contribution in [3.8, 4) is 0 Å². The third-order valence-corrected chi connectivity index (χ3v) is 3.24. The molecule has 1 N–H and O–H groups in total. The fraction of sp³-hybridized carbons (Fsp3) is 0.538. The Kier molecular flexibility index (Phi) is 3.69. The molecule has 0 bridgehead atoms. The fourth-order valence-electron chi connectivity index (χ4n) is 2.41. The minimum atomic E-state index is -1.20. The van der Waals surface area contributed by atoms with Gasteiger partial charge in [-0.15, -0.1) is 0 Å². The number of furan rings is 1. The number of amides is 1. The molecule has 0 radical (unpaired) electrons. The number of nitrogens with one attached hydrogen (secondary N) is 1. The van der Waals surface area contributed by atoms with Crippen LogP contribution in [0.5, 0.6) is 0 Å². The van der Waals surface area contributed by atoms with E-state index in [9.17, 15) is 14.7 Å². The number of aryl methyl sites for hydroxylation is 2. The predicted molar refractivity (Wildman–Crippen MR) is 61.5 cm³/mol. The monoisotopic (exact) mass is 250 g/mol. The quantitative estimate of drug-likeness (QED) is 0.848. The fourth-order valence-corrected chi connectivity index (χ4v) is 2.41. The molecule has 0 aliphatic heterocycles. The summed E-state index contributed by atoms with van der Waals surface area (Å²) in [6.45, 7) is 1.95. The number of carboxylic acid groups (broad SMARTS) is 1. The molecule has 0 unspecified atom stereocenters. The molecule has 1 aromatic rings. The number of carbonyl (C=O) groups is 2. The van der Waals surface area contributed by atoms with E-state index in [0.29, 0.717) is 0 Å². The highest BCUT2D eigenvalue weighted by Gasteiger charge is 2.26. The lowest BCUT2D eigenvalue weighted by Crippen LogP contribution is -2.32. The van der Waals surface area contributed by atoms with E-state index in [1.54, 1.807) is 6.26 Å². The first-order valence-electron chi connectivity index (χ1n) is 6.14. The Morgan fingerprint density at radius 1 is 1.50 bits per heavy atom. The van der Waals surface area contributed by atoms with Crippen LogP contribution in [0, 0.1) is 6.92 Å². The molecule has 1 heterocycles. The Hall–Kier alpha value is -1.78. The summed E-state index contributed by atoms with van der Waals surface area (Å²) < 4.78 is 5.44. The van der Waals surface area contributed by atoms with Crippen molar-refractivity contribution in [1.82, 2.24) is 5.32 Å². The van der Waals surface area contributed by atoms with Gasteiger partial charge in [0.1, 0.15) is 5.76 Å². The number of carboxylic acids is 1. The Bertz CT molecular complexity index is 464. The standard InChI is InChI=1S/C13H17NO4/c1-8-7-18-10-4-2-3-9(13(8)10)14-11(15)5-6-12(16)17/h7,9H,2-6H2,1H3,(H,14,15)(H,16,17)/p-1/t9-/m0/s1. The third-order valence-electron chi connectivity index (χ3n) is 3.24. The topological polar surface area (TPSA) is 82.4 Å². The summed E-state index contributed by atoms with van der Waals surface area (Å²) >= 11 is 0. The molecule has 0 spiro atoms. The number of hydrogen-bond acceptors (Lipinski definition) is 4. The van der Waals surface area contributed by atoms with E-state index in [4.69, 9.17) is 4.42 Å². The second kappa shape index (κ2) is 5.25. The van der Waals surface area contributed by atoms with Crippen LogP contribution in [0.15, 0.2) is 10.7 Å². The SMILES string of the molecule is Cc1coc2c1[C@@H](NC(=O)CCC(=O)[O-])CCC2. The highest BCUT2D eigenvalue weighted by molar-refractivity contribution is 5.80. The normalized spacial score (nSPS) is 18.2. The molecule has 1 atom stereocenters. The molecular formula is C13H16NO4-. The zero-order chi connectivity index (χ0) is 13.1. The van der Waals surface area contributed by atoms with Gasteiger partial charge in [0, 0.05) is 24.4 Å². The lowest BCUT2D eigenvalue weighted by Gasteiger charge is -2.23. The van der Waals surface area contributed by atoms with Gasteiger partial charge in [-0.1, -0.05) is 0 Å². The van der Waals surface area contributed by atoms with Gasteiger partial charge in [-0.2, -0.15) is 0 Å². The summed E-state index contributed by atoms with van der Waals surface area (Å²) in [4.78, 5) is 21.9.